The first-order chi connectivity index (χ1) is 9.46. The third-order valence-corrected chi connectivity index (χ3v) is 3.52. The summed E-state index contributed by atoms with van der Waals surface area (Å²) in [6, 6.07) is 13.4. The van der Waals surface area contributed by atoms with Crippen molar-refractivity contribution in [2.24, 2.45) is 0 Å². The van der Waals surface area contributed by atoms with Crippen LogP contribution in [0.4, 0.5) is 13.2 Å². The highest BCUT2D eigenvalue weighted by Gasteiger charge is 2.33. The lowest BCUT2D eigenvalue weighted by molar-refractivity contribution is -0.276. The number of thioether (sulfide) groups is 1. The largest absolute Gasteiger partial charge is 0.573 e. The molecule has 1 N–H and O–H groups in total. The molecule has 0 saturated carbocycles. The zero-order valence-corrected chi connectivity index (χ0v) is 11.0. The van der Waals surface area contributed by atoms with Crippen molar-refractivity contribution in [2.75, 3.05) is 0 Å². The van der Waals surface area contributed by atoms with Gasteiger partial charge < -0.3 is 9.84 Å². The van der Waals surface area contributed by atoms with Gasteiger partial charge in [0.2, 0.25) is 0 Å². The summed E-state index contributed by atoms with van der Waals surface area (Å²) >= 11 is 1.17. The number of phenolic OH excluding ortho intramolecular Hbond substituents is 1. The number of alkyl halides is 3. The average Bonchev–Trinajstić information content (AvgIpc) is 2.39. The number of halogens is 3. The van der Waals surface area contributed by atoms with Crippen LogP contribution in [0.2, 0.25) is 0 Å². The van der Waals surface area contributed by atoms with Gasteiger partial charge in [-0.1, -0.05) is 36.4 Å². The first kappa shape index (κ1) is 14.6. The summed E-state index contributed by atoms with van der Waals surface area (Å²) in [5, 5.41) is 9.51. The quantitative estimate of drug-likeness (QED) is 0.838. The van der Waals surface area contributed by atoms with Crippen molar-refractivity contribution >= 4 is 11.8 Å². The molecule has 2 aromatic carbocycles. The lowest BCUT2D eigenvalue weighted by Crippen LogP contribution is -2.17. The highest BCUT2D eigenvalue weighted by Crippen LogP contribution is 2.40. The van der Waals surface area contributed by atoms with E-state index in [1.54, 1.807) is 0 Å². The third-order valence-electron chi connectivity index (χ3n) is 2.41. The van der Waals surface area contributed by atoms with E-state index >= 15 is 0 Å². The van der Waals surface area contributed by atoms with E-state index in [1.807, 2.05) is 30.3 Å². The zero-order chi connectivity index (χ0) is 14.6. The molecule has 0 bridgehead atoms. The lowest BCUT2D eigenvalue weighted by atomic mass is 10.2. The summed E-state index contributed by atoms with van der Waals surface area (Å²) in [6.07, 6.45) is -4.83. The second-order valence-corrected chi connectivity index (χ2v) is 4.94. The molecule has 106 valence electrons. The minimum Gasteiger partial charge on any atom is -0.504 e. The van der Waals surface area contributed by atoms with Gasteiger partial charge in [-0.3, -0.25) is 0 Å². The maximum atomic E-state index is 12.3. The van der Waals surface area contributed by atoms with Crippen molar-refractivity contribution in [2.45, 2.75) is 17.0 Å². The average molecular weight is 300 g/mol. The summed E-state index contributed by atoms with van der Waals surface area (Å²) in [7, 11) is 0. The Bertz CT molecular complexity index is 570. The molecule has 2 nitrogen and oxygen atoms in total. The Labute approximate surface area is 118 Å². The van der Waals surface area contributed by atoms with Gasteiger partial charge in [-0.15, -0.1) is 24.9 Å². The maximum Gasteiger partial charge on any atom is 0.573 e. The molecule has 0 aromatic heterocycles. The van der Waals surface area contributed by atoms with E-state index in [9.17, 15) is 18.3 Å². The van der Waals surface area contributed by atoms with Crippen LogP contribution in [0.1, 0.15) is 5.56 Å². The second-order valence-electron chi connectivity index (χ2n) is 3.93. The van der Waals surface area contributed by atoms with Crippen LogP contribution in [-0.2, 0) is 5.75 Å². The fraction of sp³-hybridized carbons (Fsp3) is 0.143. The van der Waals surface area contributed by atoms with E-state index in [2.05, 4.69) is 4.74 Å². The summed E-state index contributed by atoms with van der Waals surface area (Å²) < 4.78 is 40.8. The molecule has 6 heteroatoms. The fourth-order valence-electron chi connectivity index (χ4n) is 1.57. The topological polar surface area (TPSA) is 29.5 Å². The normalized spacial score (nSPS) is 11.3. The number of hydrogen-bond acceptors (Lipinski definition) is 3. The summed E-state index contributed by atoms with van der Waals surface area (Å²) in [6.45, 7) is 0. The van der Waals surface area contributed by atoms with Crippen molar-refractivity contribution in [3.05, 3.63) is 54.1 Å². The predicted molar refractivity (Wildman–Crippen MR) is 70.8 cm³/mol. The molecule has 0 radical (unpaired) electrons. The third kappa shape index (κ3) is 4.09. The Hall–Kier alpha value is -1.82. The van der Waals surface area contributed by atoms with Gasteiger partial charge in [-0.25, -0.2) is 0 Å². The standard InChI is InChI=1S/C14H11F3O2S/c15-14(16,17)19-13-11(18)7-4-8-12(13)20-9-10-5-2-1-3-6-10/h1-8,18H,9H2. The van der Waals surface area contributed by atoms with E-state index < -0.39 is 17.9 Å². The first-order valence-electron chi connectivity index (χ1n) is 5.70. The molecule has 2 aromatic rings. The van der Waals surface area contributed by atoms with Gasteiger partial charge in [-0.05, 0) is 17.7 Å². The van der Waals surface area contributed by atoms with Crippen LogP contribution in [0.5, 0.6) is 11.5 Å². The Morgan fingerprint density at radius 1 is 1.00 bits per heavy atom. The van der Waals surface area contributed by atoms with Gasteiger partial charge in [-0.2, -0.15) is 0 Å². The number of aromatic hydroxyl groups is 1. The van der Waals surface area contributed by atoms with E-state index in [1.165, 1.54) is 23.9 Å². The smallest absolute Gasteiger partial charge is 0.504 e. The Balaban J connectivity index is 2.17. The van der Waals surface area contributed by atoms with Gasteiger partial charge in [0, 0.05) is 5.75 Å². The first-order valence-corrected chi connectivity index (χ1v) is 6.69. The van der Waals surface area contributed by atoms with E-state index in [0.29, 0.717) is 5.75 Å². The number of phenols is 1. The molecular formula is C14H11F3O2S. The van der Waals surface area contributed by atoms with Crippen LogP contribution in [0, 0.1) is 0 Å². The molecule has 2 rings (SSSR count). The van der Waals surface area contributed by atoms with Crippen LogP contribution >= 0.6 is 11.8 Å². The predicted octanol–water partition coefficient (Wildman–Crippen LogP) is 4.58. The van der Waals surface area contributed by atoms with Crippen LogP contribution in [0.25, 0.3) is 0 Å². The SMILES string of the molecule is Oc1cccc(SCc2ccccc2)c1OC(F)(F)F. The van der Waals surface area contributed by atoms with Gasteiger partial charge in [0.1, 0.15) is 0 Å². The number of benzene rings is 2. The Kier molecular flexibility index (Phi) is 4.44. The molecule has 20 heavy (non-hydrogen) atoms. The number of ether oxygens (including phenoxy) is 1. The molecular weight excluding hydrogens is 289 g/mol. The van der Waals surface area contributed by atoms with Gasteiger partial charge in [0.05, 0.1) is 4.90 Å². The monoisotopic (exact) mass is 300 g/mol. The summed E-state index contributed by atoms with van der Waals surface area (Å²) in [5.41, 5.74) is 0.971. The molecule has 0 heterocycles. The molecule has 0 amide bonds. The number of rotatable bonds is 4. The fourth-order valence-corrected chi connectivity index (χ4v) is 2.54. The highest BCUT2D eigenvalue weighted by molar-refractivity contribution is 7.98. The summed E-state index contributed by atoms with van der Waals surface area (Å²) in [4.78, 5) is 0.242. The molecule has 0 atom stereocenters. The zero-order valence-electron chi connectivity index (χ0n) is 10.2. The van der Waals surface area contributed by atoms with E-state index in [4.69, 9.17) is 0 Å². The van der Waals surface area contributed by atoms with E-state index in [0.717, 1.165) is 11.6 Å². The minimum absolute atomic E-state index is 0.242. The summed E-state index contributed by atoms with van der Waals surface area (Å²) in [5.74, 6) is -0.597. The number of hydrogen-bond donors (Lipinski definition) is 1. The van der Waals surface area contributed by atoms with Crippen LogP contribution in [0.15, 0.2) is 53.4 Å². The second kappa shape index (κ2) is 6.09. The van der Waals surface area contributed by atoms with Crippen molar-refractivity contribution in [1.82, 2.24) is 0 Å². The van der Waals surface area contributed by atoms with Gasteiger partial charge in [0.25, 0.3) is 0 Å². The minimum atomic E-state index is -4.83. The molecule has 0 spiro atoms. The Morgan fingerprint density at radius 2 is 1.70 bits per heavy atom. The van der Waals surface area contributed by atoms with Crippen molar-refractivity contribution < 1.29 is 23.0 Å². The number of para-hydroxylation sites is 1. The molecule has 0 saturated heterocycles. The Morgan fingerprint density at radius 3 is 2.35 bits per heavy atom. The van der Waals surface area contributed by atoms with Crippen molar-refractivity contribution in [1.29, 1.82) is 0 Å². The van der Waals surface area contributed by atoms with Crippen molar-refractivity contribution in [3.63, 3.8) is 0 Å². The maximum absolute atomic E-state index is 12.3. The van der Waals surface area contributed by atoms with Crippen LogP contribution in [-0.4, -0.2) is 11.5 Å². The molecule has 0 aliphatic rings. The van der Waals surface area contributed by atoms with E-state index in [-0.39, 0.29) is 4.90 Å². The van der Waals surface area contributed by atoms with Crippen molar-refractivity contribution in [3.8, 4) is 11.5 Å². The molecule has 0 aliphatic carbocycles. The molecule has 0 aliphatic heterocycles. The van der Waals surface area contributed by atoms with Crippen LogP contribution < -0.4 is 4.74 Å². The highest BCUT2D eigenvalue weighted by atomic mass is 32.2. The molecule has 0 fully saturated rings. The molecule has 0 unspecified atom stereocenters. The lowest BCUT2D eigenvalue weighted by Gasteiger charge is -2.14. The van der Waals surface area contributed by atoms with Gasteiger partial charge in [0.15, 0.2) is 11.5 Å². The van der Waals surface area contributed by atoms with Gasteiger partial charge >= 0.3 is 6.36 Å². The van der Waals surface area contributed by atoms with Crippen LogP contribution in [0.3, 0.4) is 0 Å².